The average Bonchev–Trinajstić information content (AvgIpc) is 3.06. The van der Waals surface area contributed by atoms with Crippen molar-refractivity contribution in [3.63, 3.8) is 0 Å². The molecule has 0 spiro atoms. The van der Waals surface area contributed by atoms with Gasteiger partial charge in [-0.05, 0) is 11.6 Å². The van der Waals surface area contributed by atoms with Crippen LogP contribution in [0.15, 0.2) is 59.1 Å². The lowest BCUT2D eigenvalue weighted by molar-refractivity contribution is -0.135. The summed E-state index contributed by atoms with van der Waals surface area (Å²) in [6.45, 7) is 1.19. The number of rotatable bonds is 4. The minimum absolute atomic E-state index is 0.0622. The van der Waals surface area contributed by atoms with Crippen LogP contribution in [0.1, 0.15) is 17.4 Å². The van der Waals surface area contributed by atoms with E-state index >= 15 is 0 Å². The zero-order valence-corrected chi connectivity index (χ0v) is 14.2. The molecule has 1 fully saturated rings. The Labute approximate surface area is 150 Å². The molecule has 2 aromatic carbocycles. The third-order valence-electron chi connectivity index (χ3n) is 4.36. The third-order valence-corrected chi connectivity index (χ3v) is 4.73. The Bertz CT molecular complexity index is 888. The molecule has 4 rings (SSSR count). The van der Waals surface area contributed by atoms with Crippen LogP contribution in [-0.4, -0.2) is 34.0 Å². The van der Waals surface area contributed by atoms with E-state index in [2.05, 4.69) is 10.1 Å². The highest BCUT2D eigenvalue weighted by Crippen LogP contribution is 2.28. The number of hydrogen-bond donors (Lipinski definition) is 0. The summed E-state index contributed by atoms with van der Waals surface area (Å²) in [7, 11) is 0. The van der Waals surface area contributed by atoms with E-state index in [0.29, 0.717) is 36.2 Å². The molecule has 0 unspecified atom stereocenters. The van der Waals surface area contributed by atoms with E-state index < -0.39 is 0 Å². The second-order valence-electron chi connectivity index (χ2n) is 6.09. The SMILES string of the molecule is O=C(Cc1ccccc1Cl)N1CC(c2nc(-c3ccccc3)no2)C1. The molecule has 0 saturated carbocycles. The van der Waals surface area contributed by atoms with Crippen LogP contribution in [0.2, 0.25) is 5.02 Å². The molecule has 25 heavy (non-hydrogen) atoms. The van der Waals surface area contributed by atoms with E-state index in [1.165, 1.54) is 0 Å². The van der Waals surface area contributed by atoms with Gasteiger partial charge in [0.05, 0.1) is 12.3 Å². The predicted molar refractivity (Wildman–Crippen MR) is 94.2 cm³/mol. The quantitative estimate of drug-likeness (QED) is 0.719. The summed E-state index contributed by atoms with van der Waals surface area (Å²) in [5.41, 5.74) is 1.77. The molecule has 0 radical (unpaired) electrons. The number of benzene rings is 2. The number of nitrogens with zero attached hydrogens (tertiary/aromatic N) is 3. The summed E-state index contributed by atoms with van der Waals surface area (Å²) in [5, 5.41) is 4.65. The second kappa shape index (κ2) is 6.69. The molecule has 0 N–H and O–H groups in total. The molecule has 1 amide bonds. The highest BCUT2D eigenvalue weighted by Gasteiger charge is 2.35. The van der Waals surface area contributed by atoms with Crippen molar-refractivity contribution in [3.05, 3.63) is 71.1 Å². The fourth-order valence-corrected chi connectivity index (χ4v) is 3.06. The van der Waals surface area contributed by atoms with Crippen molar-refractivity contribution in [1.82, 2.24) is 15.0 Å². The van der Waals surface area contributed by atoms with Crippen molar-refractivity contribution >= 4 is 17.5 Å². The van der Waals surface area contributed by atoms with Gasteiger partial charge in [-0.15, -0.1) is 0 Å². The Morgan fingerprint density at radius 1 is 1.12 bits per heavy atom. The molecule has 6 heteroatoms. The molecular weight excluding hydrogens is 338 g/mol. The van der Waals surface area contributed by atoms with Crippen molar-refractivity contribution in [2.24, 2.45) is 0 Å². The van der Waals surface area contributed by atoms with Crippen molar-refractivity contribution in [3.8, 4) is 11.4 Å². The molecule has 1 aromatic heterocycles. The number of aromatic nitrogens is 2. The molecule has 0 bridgehead atoms. The summed E-state index contributed by atoms with van der Waals surface area (Å²) < 4.78 is 5.37. The molecule has 2 heterocycles. The zero-order valence-electron chi connectivity index (χ0n) is 13.4. The van der Waals surface area contributed by atoms with Crippen molar-refractivity contribution in [2.45, 2.75) is 12.3 Å². The number of amides is 1. The van der Waals surface area contributed by atoms with Crippen LogP contribution in [0.3, 0.4) is 0 Å². The Balaban J connectivity index is 1.37. The minimum Gasteiger partial charge on any atom is -0.341 e. The van der Waals surface area contributed by atoms with Crippen LogP contribution in [0.5, 0.6) is 0 Å². The Hall–Kier alpha value is -2.66. The lowest BCUT2D eigenvalue weighted by Gasteiger charge is -2.37. The van der Waals surface area contributed by atoms with Crippen LogP contribution in [0.25, 0.3) is 11.4 Å². The standard InChI is InChI=1S/C19H16ClN3O2/c20-16-9-5-4-8-14(16)10-17(24)23-11-15(12-23)19-21-18(22-25-19)13-6-2-1-3-7-13/h1-9,15H,10-12H2. The van der Waals surface area contributed by atoms with E-state index in [1.54, 1.807) is 11.0 Å². The van der Waals surface area contributed by atoms with Gasteiger partial charge in [0.15, 0.2) is 0 Å². The number of likely N-dealkylation sites (tertiary alicyclic amines) is 1. The molecule has 1 saturated heterocycles. The van der Waals surface area contributed by atoms with Crippen molar-refractivity contribution < 1.29 is 9.32 Å². The fourth-order valence-electron chi connectivity index (χ4n) is 2.86. The first-order chi connectivity index (χ1) is 12.2. The maximum atomic E-state index is 12.4. The van der Waals surface area contributed by atoms with Gasteiger partial charge in [0.2, 0.25) is 17.6 Å². The van der Waals surface area contributed by atoms with Crippen LogP contribution in [0.4, 0.5) is 0 Å². The van der Waals surface area contributed by atoms with Gasteiger partial charge in [-0.1, -0.05) is 65.3 Å². The predicted octanol–water partition coefficient (Wildman–Crippen LogP) is 3.56. The maximum absolute atomic E-state index is 12.4. The first kappa shape index (κ1) is 15.8. The van der Waals surface area contributed by atoms with Crippen LogP contribution < -0.4 is 0 Å². The second-order valence-corrected chi connectivity index (χ2v) is 6.49. The average molecular weight is 354 g/mol. The van der Waals surface area contributed by atoms with Gasteiger partial charge in [0, 0.05) is 23.7 Å². The lowest BCUT2D eigenvalue weighted by Crippen LogP contribution is -2.49. The van der Waals surface area contributed by atoms with Crippen molar-refractivity contribution in [1.29, 1.82) is 0 Å². The van der Waals surface area contributed by atoms with Gasteiger partial charge in [-0.25, -0.2) is 0 Å². The summed E-state index contributed by atoms with van der Waals surface area (Å²) in [5.74, 6) is 1.32. The summed E-state index contributed by atoms with van der Waals surface area (Å²) in [6, 6.07) is 17.1. The van der Waals surface area contributed by atoms with Gasteiger partial charge in [-0.3, -0.25) is 4.79 Å². The molecule has 0 aliphatic carbocycles. The highest BCUT2D eigenvalue weighted by atomic mass is 35.5. The number of carbonyl (C=O) groups excluding carboxylic acids is 1. The van der Waals surface area contributed by atoms with Gasteiger partial charge >= 0.3 is 0 Å². The zero-order chi connectivity index (χ0) is 17.2. The molecule has 1 aliphatic heterocycles. The van der Waals surface area contributed by atoms with E-state index in [9.17, 15) is 4.79 Å². The Morgan fingerprint density at radius 2 is 1.84 bits per heavy atom. The summed E-state index contributed by atoms with van der Waals surface area (Å²) in [6.07, 6.45) is 0.311. The molecular formula is C19H16ClN3O2. The van der Waals surface area contributed by atoms with E-state index in [0.717, 1.165) is 11.1 Å². The lowest BCUT2D eigenvalue weighted by atomic mass is 9.98. The Morgan fingerprint density at radius 3 is 2.60 bits per heavy atom. The summed E-state index contributed by atoms with van der Waals surface area (Å²) >= 11 is 6.12. The Kier molecular flexibility index (Phi) is 4.24. The number of carbonyl (C=O) groups is 1. The molecule has 5 nitrogen and oxygen atoms in total. The van der Waals surface area contributed by atoms with Crippen LogP contribution in [-0.2, 0) is 11.2 Å². The monoisotopic (exact) mass is 353 g/mol. The van der Waals surface area contributed by atoms with Crippen LogP contribution in [0, 0.1) is 0 Å². The normalized spacial score (nSPS) is 14.4. The molecule has 126 valence electrons. The van der Waals surface area contributed by atoms with Gasteiger partial charge < -0.3 is 9.42 Å². The number of hydrogen-bond acceptors (Lipinski definition) is 4. The summed E-state index contributed by atoms with van der Waals surface area (Å²) in [4.78, 5) is 18.6. The van der Waals surface area contributed by atoms with Gasteiger partial charge in [0.25, 0.3) is 0 Å². The third kappa shape index (κ3) is 3.28. The largest absolute Gasteiger partial charge is 0.341 e. The van der Waals surface area contributed by atoms with E-state index in [-0.39, 0.29) is 11.8 Å². The van der Waals surface area contributed by atoms with E-state index in [4.69, 9.17) is 16.1 Å². The highest BCUT2D eigenvalue weighted by molar-refractivity contribution is 6.31. The fraction of sp³-hybridized carbons (Fsp3) is 0.211. The maximum Gasteiger partial charge on any atom is 0.233 e. The van der Waals surface area contributed by atoms with Gasteiger partial charge in [-0.2, -0.15) is 4.98 Å². The van der Waals surface area contributed by atoms with Crippen molar-refractivity contribution in [2.75, 3.05) is 13.1 Å². The minimum atomic E-state index is 0.0622. The first-order valence-corrected chi connectivity index (χ1v) is 8.48. The topological polar surface area (TPSA) is 59.2 Å². The molecule has 1 aliphatic rings. The number of halogens is 1. The first-order valence-electron chi connectivity index (χ1n) is 8.11. The molecule has 3 aromatic rings. The smallest absolute Gasteiger partial charge is 0.233 e. The molecule has 0 atom stereocenters. The van der Waals surface area contributed by atoms with Crippen LogP contribution >= 0.6 is 11.6 Å². The van der Waals surface area contributed by atoms with Gasteiger partial charge in [0.1, 0.15) is 0 Å². The van der Waals surface area contributed by atoms with E-state index in [1.807, 2.05) is 48.5 Å².